The number of alkyl halides is 1. The smallest absolute Gasteiger partial charge is 0.159 e. The average Bonchev–Trinajstić information content (AvgIpc) is 2.39. The summed E-state index contributed by atoms with van der Waals surface area (Å²) in [5.74, 6) is 0.0643. The van der Waals surface area contributed by atoms with Gasteiger partial charge >= 0.3 is 0 Å². The molecule has 0 unspecified atom stereocenters. The summed E-state index contributed by atoms with van der Waals surface area (Å²) in [7, 11) is 0. The van der Waals surface area contributed by atoms with Crippen molar-refractivity contribution in [2.75, 3.05) is 6.67 Å². The number of hydrogen-bond donors (Lipinski definition) is 0. The summed E-state index contributed by atoms with van der Waals surface area (Å²) in [5, 5.41) is 0. The number of hydrogen-bond acceptors (Lipinski definition) is 1. The number of benzene rings is 1. The third kappa shape index (κ3) is 2.41. The minimum atomic E-state index is -0.285. The van der Waals surface area contributed by atoms with E-state index in [1.807, 2.05) is 24.3 Å². The molecular formula is C15H19FO. The Hall–Kier alpha value is -1.18. The molecule has 0 atom stereocenters. The highest BCUT2D eigenvalue weighted by molar-refractivity contribution is 5.94. The Morgan fingerprint density at radius 1 is 1.18 bits per heavy atom. The van der Waals surface area contributed by atoms with Crippen LogP contribution >= 0.6 is 0 Å². The van der Waals surface area contributed by atoms with Gasteiger partial charge < -0.3 is 0 Å². The second-order valence-electron chi connectivity index (χ2n) is 5.11. The van der Waals surface area contributed by atoms with Gasteiger partial charge in [-0.1, -0.05) is 43.5 Å². The van der Waals surface area contributed by atoms with Crippen LogP contribution in [0.2, 0.25) is 0 Å². The molecule has 0 spiro atoms. The van der Waals surface area contributed by atoms with E-state index < -0.39 is 0 Å². The number of ketones is 1. The molecule has 1 nitrogen and oxygen atoms in total. The van der Waals surface area contributed by atoms with Crippen molar-refractivity contribution < 1.29 is 9.18 Å². The molecule has 0 heterocycles. The lowest BCUT2D eigenvalue weighted by atomic mass is 9.70. The number of halogens is 1. The fourth-order valence-electron chi connectivity index (χ4n) is 2.79. The Bertz CT molecular complexity index is 388. The first-order chi connectivity index (χ1) is 8.18. The van der Waals surface area contributed by atoms with E-state index in [1.165, 1.54) is 6.42 Å². The van der Waals surface area contributed by atoms with Crippen LogP contribution in [0.15, 0.2) is 24.3 Å². The molecule has 1 aromatic carbocycles. The first-order valence-corrected chi connectivity index (χ1v) is 6.35. The van der Waals surface area contributed by atoms with Gasteiger partial charge in [0, 0.05) is 11.0 Å². The van der Waals surface area contributed by atoms with Gasteiger partial charge in [-0.2, -0.15) is 0 Å². The average molecular weight is 234 g/mol. The van der Waals surface area contributed by atoms with Crippen LogP contribution in [0.3, 0.4) is 0 Å². The topological polar surface area (TPSA) is 17.1 Å². The maximum atomic E-state index is 13.4. The second-order valence-corrected chi connectivity index (χ2v) is 5.11. The van der Waals surface area contributed by atoms with E-state index in [0.717, 1.165) is 31.2 Å². The van der Waals surface area contributed by atoms with E-state index in [1.54, 1.807) is 6.92 Å². The monoisotopic (exact) mass is 234 g/mol. The quantitative estimate of drug-likeness (QED) is 0.721. The van der Waals surface area contributed by atoms with Crippen molar-refractivity contribution in [3.8, 4) is 0 Å². The highest BCUT2D eigenvalue weighted by Crippen LogP contribution is 2.39. The molecule has 2 rings (SSSR count). The van der Waals surface area contributed by atoms with Crippen LogP contribution in [0.5, 0.6) is 0 Å². The fraction of sp³-hybridized carbons (Fsp3) is 0.533. The van der Waals surface area contributed by atoms with Crippen LogP contribution in [0.4, 0.5) is 4.39 Å². The summed E-state index contributed by atoms with van der Waals surface area (Å²) in [6.07, 6.45) is 5.30. The molecule has 1 aliphatic carbocycles. The van der Waals surface area contributed by atoms with Crippen LogP contribution in [0, 0.1) is 0 Å². The molecule has 1 aliphatic rings. The summed E-state index contributed by atoms with van der Waals surface area (Å²) in [4.78, 5) is 11.2. The van der Waals surface area contributed by atoms with E-state index >= 15 is 0 Å². The molecule has 0 N–H and O–H groups in total. The number of Topliss-reactive ketones (excluding diaryl/α,β-unsaturated/α-hetero) is 1. The normalized spacial score (nSPS) is 18.9. The standard InChI is InChI=1S/C15H19FO/c1-12(17)13-5-7-14(8-6-13)15(11-16)9-3-2-4-10-15/h5-8H,2-4,9-11H2,1H3. The molecule has 17 heavy (non-hydrogen) atoms. The molecule has 0 aliphatic heterocycles. The largest absolute Gasteiger partial charge is 0.295 e. The molecule has 0 saturated heterocycles. The summed E-state index contributed by atoms with van der Waals surface area (Å²) in [5.41, 5.74) is 1.48. The molecule has 0 amide bonds. The molecule has 92 valence electrons. The van der Waals surface area contributed by atoms with Gasteiger partial charge in [0.25, 0.3) is 0 Å². The van der Waals surface area contributed by atoms with Crippen molar-refractivity contribution >= 4 is 5.78 Å². The minimum absolute atomic E-state index is 0.0643. The summed E-state index contributed by atoms with van der Waals surface area (Å²) in [6.45, 7) is 1.27. The highest BCUT2D eigenvalue weighted by atomic mass is 19.1. The number of carbonyl (C=O) groups excluding carboxylic acids is 1. The lowest BCUT2D eigenvalue weighted by Crippen LogP contribution is -2.31. The molecule has 0 radical (unpaired) electrons. The van der Waals surface area contributed by atoms with Gasteiger partial charge in [-0.3, -0.25) is 9.18 Å². The van der Waals surface area contributed by atoms with Crippen molar-refractivity contribution in [3.63, 3.8) is 0 Å². The second kappa shape index (κ2) is 4.99. The Balaban J connectivity index is 2.27. The molecule has 0 aromatic heterocycles. The first kappa shape index (κ1) is 12.3. The third-order valence-corrected chi connectivity index (χ3v) is 3.97. The Kier molecular flexibility index (Phi) is 3.60. The lowest BCUT2D eigenvalue weighted by Gasteiger charge is -2.35. The summed E-state index contributed by atoms with van der Waals surface area (Å²) >= 11 is 0. The third-order valence-electron chi connectivity index (χ3n) is 3.97. The zero-order valence-corrected chi connectivity index (χ0v) is 10.3. The predicted octanol–water partition coefficient (Wildman–Crippen LogP) is 4.06. The Labute approximate surface area is 102 Å². The van der Waals surface area contributed by atoms with Gasteiger partial charge in [-0.05, 0) is 25.3 Å². The molecule has 1 aromatic rings. The molecule has 0 bridgehead atoms. The van der Waals surface area contributed by atoms with Crippen molar-refractivity contribution in [2.24, 2.45) is 0 Å². The van der Waals surface area contributed by atoms with Crippen LogP contribution < -0.4 is 0 Å². The zero-order valence-electron chi connectivity index (χ0n) is 10.3. The van der Waals surface area contributed by atoms with Crippen molar-refractivity contribution in [2.45, 2.75) is 44.4 Å². The Morgan fingerprint density at radius 3 is 2.24 bits per heavy atom. The number of rotatable bonds is 3. The molecule has 1 fully saturated rings. The van der Waals surface area contributed by atoms with Gasteiger partial charge in [0.2, 0.25) is 0 Å². The van der Waals surface area contributed by atoms with Crippen LogP contribution in [-0.2, 0) is 5.41 Å². The van der Waals surface area contributed by atoms with E-state index in [9.17, 15) is 9.18 Å². The summed E-state index contributed by atoms with van der Waals surface area (Å²) < 4.78 is 13.4. The first-order valence-electron chi connectivity index (χ1n) is 6.35. The zero-order chi connectivity index (χ0) is 12.3. The van der Waals surface area contributed by atoms with E-state index in [4.69, 9.17) is 0 Å². The van der Waals surface area contributed by atoms with Gasteiger partial charge in [0.1, 0.15) is 0 Å². The van der Waals surface area contributed by atoms with Gasteiger partial charge in [0.05, 0.1) is 6.67 Å². The maximum absolute atomic E-state index is 13.4. The van der Waals surface area contributed by atoms with Crippen molar-refractivity contribution in [1.82, 2.24) is 0 Å². The van der Waals surface area contributed by atoms with Gasteiger partial charge in [-0.25, -0.2) is 0 Å². The highest BCUT2D eigenvalue weighted by Gasteiger charge is 2.33. The summed E-state index contributed by atoms with van der Waals surface area (Å²) in [6, 6.07) is 7.51. The van der Waals surface area contributed by atoms with E-state index in [0.29, 0.717) is 5.56 Å². The SMILES string of the molecule is CC(=O)c1ccc(C2(CF)CCCCC2)cc1. The van der Waals surface area contributed by atoms with E-state index in [2.05, 4.69) is 0 Å². The van der Waals surface area contributed by atoms with E-state index in [-0.39, 0.29) is 17.9 Å². The van der Waals surface area contributed by atoms with Gasteiger partial charge in [0.15, 0.2) is 5.78 Å². The lowest BCUT2D eigenvalue weighted by molar-refractivity contribution is 0.101. The van der Waals surface area contributed by atoms with Crippen LogP contribution in [-0.4, -0.2) is 12.5 Å². The number of carbonyl (C=O) groups is 1. The molecule has 1 saturated carbocycles. The van der Waals surface area contributed by atoms with Crippen LogP contribution in [0.1, 0.15) is 54.9 Å². The van der Waals surface area contributed by atoms with Crippen molar-refractivity contribution in [3.05, 3.63) is 35.4 Å². The molecule has 2 heteroatoms. The predicted molar refractivity (Wildman–Crippen MR) is 67.2 cm³/mol. The fourth-order valence-corrected chi connectivity index (χ4v) is 2.79. The van der Waals surface area contributed by atoms with Gasteiger partial charge in [-0.15, -0.1) is 0 Å². The van der Waals surface area contributed by atoms with Crippen LogP contribution in [0.25, 0.3) is 0 Å². The maximum Gasteiger partial charge on any atom is 0.159 e. The van der Waals surface area contributed by atoms with Crippen molar-refractivity contribution in [1.29, 1.82) is 0 Å². The Morgan fingerprint density at radius 2 is 1.76 bits per heavy atom. The minimum Gasteiger partial charge on any atom is -0.295 e. The molecular weight excluding hydrogens is 215 g/mol.